The monoisotopic (exact) mass is 220 g/mol. The highest BCUT2D eigenvalue weighted by Crippen LogP contribution is 2.28. The van der Waals surface area contributed by atoms with E-state index in [1.807, 2.05) is 44.2 Å². The molecule has 0 aliphatic rings. The summed E-state index contributed by atoms with van der Waals surface area (Å²) < 4.78 is 0. The first-order chi connectivity index (χ1) is 7.42. The number of aliphatic hydroxyl groups excluding tert-OH is 1. The van der Waals surface area contributed by atoms with Crippen LogP contribution < -0.4 is 0 Å². The van der Waals surface area contributed by atoms with Gasteiger partial charge in [-0.05, 0) is 24.3 Å². The van der Waals surface area contributed by atoms with Gasteiger partial charge in [0.25, 0.3) is 0 Å². The molecule has 16 heavy (non-hydrogen) atoms. The molecule has 1 atom stereocenters. The van der Waals surface area contributed by atoms with E-state index in [0.717, 1.165) is 6.42 Å². The number of rotatable bonds is 5. The lowest BCUT2D eigenvalue weighted by molar-refractivity contribution is -0.120. The number of aliphatic hydroxyl groups is 1. The highest BCUT2D eigenvalue weighted by Gasteiger charge is 2.28. The van der Waals surface area contributed by atoms with Crippen LogP contribution in [0.1, 0.15) is 32.8 Å². The van der Waals surface area contributed by atoms with Gasteiger partial charge < -0.3 is 5.11 Å². The molecule has 0 bridgehead atoms. The van der Waals surface area contributed by atoms with E-state index >= 15 is 0 Å². The lowest BCUT2D eigenvalue weighted by Gasteiger charge is -2.30. The molecular formula is C14H20O2. The first-order valence-electron chi connectivity index (χ1n) is 5.63. The Labute approximate surface area is 97.3 Å². The van der Waals surface area contributed by atoms with Gasteiger partial charge in [-0.3, -0.25) is 4.79 Å². The molecule has 1 rings (SSSR count). The van der Waals surface area contributed by atoms with Crippen molar-refractivity contribution in [2.24, 2.45) is 5.41 Å². The number of benzene rings is 1. The average molecular weight is 220 g/mol. The lowest BCUT2D eigenvalue weighted by atomic mass is 9.79. The fraction of sp³-hybridized carbons (Fsp3) is 0.500. The molecule has 1 N–H and O–H groups in total. The highest BCUT2D eigenvalue weighted by molar-refractivity contribution is 5.76. The number of ketones is 1. The van der Waals surface area contributed by atoms with Crippen molar-refractivity contribution in [2.75, 3.05) is 0 Å². The zero-order valence-electron chi connectivity index (χ0n) is 10.2. The summed E-state index contributed by atoms with van der Waals surface area (Å²) in [6.45, 7) is 5.50. The van der Waals surface area contributed by atoms with E-state index < -0.39 is 6.10 Å². The van der Waals surface area contributed by atoms with Crippen molar-refractivity contribution >= 4 is 5.78 Å². The van der Waals surface area contributed by atoms with E-state index in [1.165, 1.54) is 12.5 Å². The van der Waals surface area contributed by atoms with Crippen LogP contribution in [0.5, 0.6) is 0 Å². The van der Waals surface area contributed by atoms with Crippen molar-refractivity contribution < 1.29 is 9.90 Å². The minimum absolute atomic E-state index is 0.0358. The first-order valence-corrected chi connectivity index (χ1v) is 5.63. The fourth-order valence-electron chi connectivity index (χ4n) is 1.79. The zero-order valence-corrected chi connectivity index (χ0v) is 10.2. The van der Waals surface area contributed by atoms with Gasteiger partial charge in [0, 0.05) is 6.42 Å². The minimum Gasteiger partial charge on any atom is -0.392 e. The molecule has 0 aliphatic heterocycles. The van der Waals surface area contributed by atoms with Gasteiger partial charge in [-0.2, -0.15) is 0 Å². The quantitative estimate of drug-likeness (QED) is 0.828. The van der Waals surface area contributed by atoms with Gasteiger partial charge in [-0.15, -0.1) is 0 Å². The molecular weight excluding hydrogens is 200 g/mol. The molecule has 0 saturated carbocycles. The van der Waals surface area contributed by atoms with Gasteiger partial charge in [0.1, 0.15) is 5.78 Å². The fourth-order valence-corrected chi connectivity index (χ4v) is 1.79. The smallest absolute Gasteiger partial charge is 0.132 e. The van der Waals surface area contributed by atoms with Crippen LogP contribution in [-0.4, -0.2) is 17.0 Å². The summed E-state index contributed by atoms with van der Waals surface area (Å²) in [5.74, 6) is 0.0358. The van der Waals surface area contributed by atoms with Crippen LogP contribution in [0.25, 0.3) is 0 Å². The summed E-state index contributed by atoms with van der Waals surface area (Å²) in [4.78, 5) is 11.0. The highest BCUT2D eigenvalue weighted by atomic mass is 16.3. The van der Waals surface area contributed by atoms with E-state index in [0.29, 0.717) is 0 Å². The molecule has 1 aromatic carbocycles. The van der Waals surface area contributed by atoms with Gasteiger partial charge in [0.15, 0.2) is 0 Å². The van der Waals surface area contributed by atoms with E-state index in [1.54, 1.807) is 0 Å². The number of hydrogen-bond donors (Lipinski definition) is 1. The Balaban J connectivity index is 2.67. The first kappa shape index (κ1) is 12.9. The molecule has 2 nitrogen and oxygen atoms in total. The summed E-state index contributed by atoms with van der Waals surface area (Å²) in [5.41, 5.74) is 0.919. The molecule has 0 unspecified atom stereocenters. The lowest BCUT2D eigenvalue weighted by Crippen LogP contribution is -2.33. The van der Waals surface area contributed by atoms with Gasteiger partial charge >= 0.3 is 0 Å². The average Bonchev–Trinajstić information content (AvgIpc) is 2.17. The Morgan fingerprint density at radius 3 is 2.38 bits per heavy atom. The largest absolute Gasteiger partial charge is 0.392 e. The molecule has 0 amide bonds. The molecule has 0 aromatic heterocycles. The van der Waals surface area contributed by atoms with Crippen molar-refractivity contribution in [1.29, 1.82) is 0 Å². The maximum absolute atomic E-state index is 11.0. The van der Waals surface area contributed by atoms with E-state index in [9.17, 15) is 9.90 Å². The van der Waals surface area contributed by atoms with Crippen LogP contribution in [0.4, 0.5) is 0 Å². The summed E-state index contributed by atoms with van der Waals surface area (Å²) >= 11 is 0. The molecule has 0 radical (unpaired) electrons. The van der Waals surface area contributed by atoms with Gasteiger partial charge in [0.2, 0.25) is 0 Å². The van der Waals surface area contributed by atoms with Crippen LogP contribution >= 0.6 is 0 Å². The molecule has 1 aromatic rings. The van der Waals surface area contributed by atoms with Crippen LogP contribution in [0.15, 0.2) is 30.3 Å². The van der Waals surface area contributed by atoms with Crippen molar-refractivity contribution in [3.05, 3.63) is 35.9 Å². The van der Waals surface area contributed by atoms with E-state index in [-0.39, 0.29) is 17.6 Å². The topological polar surface area (TPSA) is 37.3 Å². The number of Topliss-reactive ketones (excluding diaryl/α,β-unsaturated/α-hetero) is 1. The second-order valence-electron chi connectivity index (χ2n) is 5.07. The van der Waals surface area contributed by atoms with Gasteiger partial charge in [-0.25, -0.2) is 0 Å². The van der Waals surface area contributed by atoms with Gasteiger partial charge in [-0.1, -0.05) is 44.2 Å². The van der Waals surface area contributed by atoms with Crippen molar-refractivity contribution in [3.63, 3.8) is 0 Å². The third kappa shape index (κ3) is 3.78. The third-order valence-corrected chi connectivity index (χ3v) is 2.89. The maximum atomic E-state index is 11.0. The number of carbonyl (C=O) groups is 1. The van der Waals surface area contributed by atoms with E-state index in [4.69, 9.17) is 0 Å². The molecule has 0 fully saturated rings. The second-order valence-corrected chi connectivity index (χ2v) is 5.07. The molecule has 0 spiro atoms. The molecule has 0 saturated heterocycles. The van der Waals surface area contributed by atoms with Crippen molar-refractivity contribution in [3.8, 4) is 0 Å². The predicted molar refractivity (Wildman–Crippen MR) is 65.2 cm³/mol. The van der Waals surface area contributed by atoms with Crippen LogP contribution in [0.3, 0.4) is 0 Å². The molecule has 0 heterocycles. The third-order valence-electron chi connectivity index (χ3n) is 2.89. The van der Waals surface area contributed by atoms with Gasteiger partial charge in [0.05, 0.1) is 6.10 Å². The maximum Gasteiger partial charge on any atom is 0.132 e. The normalized spacial score (nSPS) is 13.5. The van der Waals surface area contributed by atoms with Crippen LogP contribution in [0.2, 0.25) is 0 Å². The minimum atomic E-state index is -0.579. The number of carbonyl (C=O) groups excluding carboxylic acids is 1. The Morgan fingerprint density at radius 2 is 1.88 bits per heavy atom. The number of hydrogen-bond acceptors (Lipinski definition) is 2. The summed E-state index contributed by atoms with van der Waals surface area (Å²) in [5, 5.41) is 9.99. The standard InChI is InChI=1S/C14H20O2/c1-11(15)9-13(16)14(2,3)10-12-7-5-4-6-8-12/h4-8,13,16H,9-10H2,1-3H3/t13-/m1/s1. The second kappa shape index (κ2) is 5.26. The Bertz CT molecular complexity index is 341. The van der Waals surface area contributed by atoms with Crippen molar-refractivity contribution in [1.82, 2.24) is 0 Å². The Kier molecular flexibility index (Phi) is 4.25. The zero-order chi connectivity index (χ0) is 12.2. The summed E-state index contributed by atoms with van der Waals surface area (Å²) in [6, 6.07) is 10.0. The summed E-state index contributed by atoms with van der Waals surface area (Å²) in [7, 11) is 0. The predicted octanol–water partition coefficient (Wildman–Crippen LogP) is 2.60. The molecule has 0 aliphatic carbocycles. The summed E-state index contributed by atoms with van der Waals surface area (Å²) in [6.07, 6.45) is 0.437. The Morgan fingerprint density at radius 1 is 1.31 bits per heavy atom. The Hall–Kier alpha value is -1.15. The molecule has 88 valence electrons. The SMILES string of the molecule is CC(=O)C[C@@H](O)C(C)(C)Cc1ccccc1. The van der Waals surface area contributed by atoms with Crippen molar-refractivity contribution in [2.45, 2.75) is 39.7 Å². The van der Waals surface area contributed by atoms with E-state index in [2.05, 4.69) is 0 Å². The van der Waals surface area contributed by atoms with Crippen LogP contribution in [0, 0.1) is 5.41 Å². The van der Waals surface area contributed by atoms with Crippen LogP contribution in [-0.2, 0) is 11.2 Å². The molecule has 2 heteroatoms.